The van der Waals surface area contributed by atoms with Crippen LogP contribution in [0, 0.1) is 0 Å². The van der Waals surface area contributed by atoms with Crippen LogP contribution in [-0.4, -0.2) is 34.7 Å². The number of ether oxygens (including phenoxy) is 1. The van der Waals surface area contributed by atoms with E-state index >= 15 is 0 Å². The van der Waals surface area contributed by atoms with Gasteiger partial charge in [-0.2, -0.15) is 4.98 Å². The lowest BCUT2D eigenvalue weighted by Gasteiger charge is -2.16. The molecule has 1 aromatic carbocycles. The van der Waals surface area contributed by atoms with Gasteiger partial charge in [0.2, 0.25) is 5.91 Å². The van der Waals surface area contributed by atoms with Crippen molar-refractivity contribution in [2.45, 2.75) is 25.4 Å². The van der Waals surface area contributed by atoms with E-state index in [2.05, 4.69) is 15.1 Å². The van der Waals surface area contributed by atoms with E-state index in [1.807, 2.05) is 18.2 Å². The molecule has 2 amide bonds. The van der Waals surface area contributed by atoms with Crippen LogP contribution in [0.15, 0.2) is 45.9 Å². The molecule has 1 fully saturated rings. The van der Waals surface area contributed by atoms with E-state index in [4.69, 9.17) is 9.26 Å². The maximum atomic E-state index is 11.9. The number of hydrogen-bond donors (Lipinski definition) is 0. The minimum Gasteiger partial charge on any atom is -0.484 e. The molecule has 8 heteroatoms. The number of hydrogen-bond acceptors (Lipinski definition) is 6. The SMILES string of the molecule is O=C1N=CC=CC1c1noc(COc2cccc(N3CCCC3=O)c2)n1. The summed E-state index contributed by atoms with van der Waals surface area (Å²) in [4.78, 5) is 33.2. The Bertz CT molecular complexity index is 902. The Morgan fingerprint density at radius 3 is 3.04 bits per heavy atom. The Kier molecular flexibility index (Phi) is 4.30. The molecule has 0 spiro atoms. The number of rotatable bonds is 5. The quantitative estimate of drug-likeness (QED) is 0.816. The molecule has 0 bridgehead atoms. The van der Waals surface area contributed by atoms with Gasteiger partial charge in [0.25, 0.3) is 11.8 Å². The molecule has 132 valence electrons. The van der Waals surface area contributed by atoms with Crippen molar-refractivity contribution < 1.29 is 18.8 Å². The van der Waals surface area contributed by atoms with Gasteiger partial charge in [0.15, 0.2) is 12.4 Å². The van der Waals surface area contributed by atoms with Crippen molar-refractivity contribution in [3.05, 3.63) is 48.1 Å². The van der Waals surface area contributed by atoms with Gasteiger partial charge in [0, 0.05) is 30.9 Å². The molecule has 0 N–H and O–H groups in total. The third-order valence-electron chi connectivity index (χ3n) is 4.18. The predicted octanol–water partition coefficient (Wildman–Crippen LogP) is 2.03. The number of anilines is 1. The van der Waals surface area contributed by atoms with Gasteiger partial charge in [0.05, 0.1) is 0 Å². The highest BCUT2D eigenvalue weighted by Crippen LogP contribution is 2.26. The number of allylic oxidation sites excluding steroid dienone is 1. The van der Waals surface area contributed by atoms with E-state index < -0.39 is 5.92 Å². The Hall–Kier alpha value is -3.29. The van der Waals surface area contributed by atoms with E-state index in [-0.39, 0.29) is 30.1 Å². The second-order valence-corrected chi connectivity index (χ2v) is 5.96. The summed E-state index contributed by atoms with van der Waals surface area (Å²) in [6, 6.07) is 7.31. The lowest BCUT2D eigenvalue weighted by molar-refractivity contribution is -0.118. The summed E-state index contributed by atoms with van der Waals surface area (Å²) in [7, 11) is 0. The van der Waals surface area contributed by atoms with Crippen molar-refractivity contribution in [2.75, 3.05) is 11.4 Å². The van der Waals surface area contributed by atoms with Gasteiger partial charge in [-0.15, -0.1) is 0 Å². The van der Waals surface area contributed by atoms with Crippen LogP contribution in [0.2, 0.25) is 0 Å². The summed E-state index contributed by atoms with van der Waals surface area (Å²) in [6.45, 7) is 0.791. The summed E-state index contributed by atoms with van der Waals surface area (Å²) in [5.74, 6) is 0.291. The third kappa shape index (κ3) is 3.26. The molecule has 0 aliphatic carbocycles. The number of amides is 2. The summed E-state index contributed by atoms with van der Waals surface area (Å²) < 4.78 is 10.8. The molecular weight excluding hydrogens is 336 g/mol. The standard InChI is InChI=1S/C18H16N4O4/c23-16-7-3-9-22(16)12-4-1-5-13(10-12)25-11-15-20-17(21-26-15)14-6-2-8-19-18(14)24/h1-2,4-6,8,10,14H,3,7,9,11H2. The first-order valence-corrected chi connectivity index (χ1v) is 8.31. The van der Waals surface area contributed by atoms with Crippen LogP contribution in [0.4, 0.5) is 5.69 Å². The highest BCUT2D eigenvalue weighted by molar-refractivity contribution is 5.97. The van der Waals surface area contributed by atoms with Crippen LogP contribution in [0.1, 0.15) is 30.5 Å². The van der Waals surface area contributed by atoms with Crippen molar-refractivity contribution >= 4 is 23.7 Å². The summed E-state index contributed by atoms with van der Waals surface area (Å²) >= 11 is 0. The summed E-state index contributed by atoms with van der Waals surface area (Å²) in [5.41, 5.74) is 0.812. The zero-order chi connectivity index (χ0) is 17.9. The molecule has 2 aromatic rings. The van der Waals surface area contributed by atoms with Crippen molar-refractivity contribution in [1.29, 1.82) is 0 Å². The van der Waals surface area contributed by atoms with Crippen molar-refractivity contribution in [3.63, 3.8) is 0 Å². The largest absolute Gasteiger partial charge is 0.484 e. The maximum absolute atomic E-state index is 11.9. The maximum Gasteiger partial charge on any atom is 0.264 e. The van der Waals surface area contributed by atoms with E-state index in [0.717, 1.165) is 18.7 Å². The van der Waals surface area contributed by atoms with Gasteiger partial charge >= 0.3 is 0 Å². The Labute approximate surface area is 149 Å². The molecule has 0 saturated carbocycles. The fourth-order valence-corrected chi connectivity index (χ4v) is 2.90. The van der Waals surface area contributed by atoms with Gasteiger partial charge in [-0.25, -0.2) is 4.99 Å². The average Bonchev–Trinajstić information content (AvgIpc) is 3.30. The molecule has 1 unspecified atom stereocenters. The molecule has 0 radical (unpaired) electrons. The molecule has 26 heavy (non-hydrogen) atoms. The zero-order valence-electron chi connectivity index (χ0n) is 13.9. The monoisotopic (exact) mass is 352 g/mol. The van der Waals surface area contributed by atoms with Crippen LogP contribution < -0.4 is 9.64 Å². The number of aliphatic imine (C=N–C) groups is 1. The first kappa shape index (κ1) is 16.2. The second kappa shape index (κ2) is 6.91. The van der Waals surface area contributed by atoms with Gasteiger partial charge < -0.3 is 14.2 Å². The molecule has 2 aliphatic heterocycles. The zero-order valence-corrected chi connectivity index (χ0v) is 13.9. The number of dihydropyridines is 1. The van der Waals surface area contributed by atoms with E-state index in [0.29, 0.717) is 12.2 Å². The van der Waals surface area contributed by atoms with Crippen LogP contribution >= 0.6 is 0 Å². The van der Waals surface area contributed by atoms with E-state index in [1.165, 1.54) is 6.21 Å². The molecule has 8 nitrogen and oxygen atoms in total. The Morgan fingerprint density at radius 1 is 1.31 bits per heavy atom. The fraction of sp³-hybridized carbons (Fsp3) is 0.278. The predicted molar refractivity (Wildman–Crippen MR) is 92.0 cm³/mol. The lowest BCUT2D eigenvalue weighted by Crippen LogP contribution is -2.23. The fourth-order valence-electron chi connectivity index (χ4n) is 2.90. The summed E-state index contributed by atoms with van der Waals surface area (Å²) in [5, 5.41) is 3.83. The highest BCUT2D eigenvalue weighted by Gasteiger charge is 2.25. The minimum atomic E-state index is -0.623. The second-order valence-electron chi connectivity index (χ2n) is 5.96. The van der Waals surface area contributed by atoms with Crippen LogP contribution in [-0.2, 0) is 16.2 Å². The van der Waals surface area contributed by atoms with Crippen LogP contribution in [0.5, 0.6) is 5.75 Å². The minimum absolute atomic E-state index is 0.0678. The number of aromatic nitrogens is 2. The van der Waals surface area contributed by atoms with Crippen LogP contribution in [0.25, 0.3) is 0 Å². The molecule has 1 saturated heterocycles. The number of carbonyl (C=O) groups excluding carboxylic acids is 2. The molecular formula is C18H16N4O4. The van der Waals surface area contributed by atoms with Crippen molar-refractivity contribution in [2.24, 2.45) is 4.99 Å². The van der Waals surface area contributed by atoms with Gasteiger partial charge in [0.1, 0.15) is 11.7 Å². The number of carbonyl (C=O) groups is 2. The number of nitrogens with zero attached hydrogens (tertiary/aromatic N) is 4. The van der Waals surface area contributed by atoms with E-state index in [9.17, 15) is 9.59 Å². The van der Waals surface area contributed by atoms with Crippen molar-refractivity contribution in [3.8, 4) is 5.75 Å². The smallest absolute Gasteiger partial charge is 0.264 e. The van der Waals surface area contributed by atoms with Gasteiger partial charge in [-0.1, -0.05) is 17.3 Å². The highest BCUT2D eigenvalue weighted by atomic mass is 16.5. The van der Waals surface area contributed by atoms with Gasteiger partial charge in [-0.05, 0) is 24.6 Å². The first-order chi connectivity index (χ1) is 12.7. The molecule has 3 heterocycles. The average molecular weight is 352 g/mol. The van der Waals surface area contributed by atoms with Crippen LogP contribution in [0.3, 0.4) is 0 Å². The summed E-state index contributed by atoms with van der Waals surface area (Å²) in [6.07, 6.45) is 6.22. The Morgan fingerprint density at radius 2 is 2.23 bits per heavy atom. The topological polar surface area (TPSA) is 97.9 Å². The van der Waals surface area contributed by atoms with Crippen molar-refractivity contribution in [1.82, 2.24) is 10.1 Å². The first-order valence-electron chi connectivity index (χ1n) is 8.31. The lowest BCUT2D eigenvalue weighted by atomic mass is 10.1. The molecule has 4 rings (SSSR count). The van der Waals surface area contributed by atoms with Gasteiger partial charge in [-0.3, -0.25) is 9.59 Å². The van der Waals surface area contributed by atoms with E-state index in [1.54, 1.807) is 23.1 Å². The third-order valence-corrected chi connectivity index (χ3v) is 4.18. The normalized spacial score (nSPS) is 19.4. The molecule has 1 aromatic heterocycles. The molecule has 1 atom stereocenters. The number of benzene rings is 1. The molecule has 2 aliphatic rings. The Balaban J connectivity index is 1.42.